The molecule has 1 atom stereocenters. The van der Waals surface area contributed by atoms with E-state index in [0.717, 1.165) is 40.8 Å². The van der Waals surface area contributed by atoms with Crippen LogP contribution in [-0.4, -0.2) is 55.4 Å². The molecule has 0 radical (unpaired) electrons. The number of hydrogen-bond donors (Lipinski definition) is 0. The first-order valence-electron chi connectivity index (χ1n) is 10.9. The van der Waals surface area contributed by atoms with E-state index >= 15 is 0 Å². The van der Waals surface area contributed by atoms with Crippen LogP contribution < -0.4 is 9.80 Å². The zero-order chi connectivity index (χ0) is 21.7. The van der Waals surface area contributed by atoms with Gasteiger partial charge in [-0.05, 0) is 29.0 Å². The Hall–Kier alpha value is -2.87. The van der Waals surface area contributed by atoms with E-state index in [-0.39, 0.29) is 17.6 Å². The van der Waals surface area contributed by atoms with Crippen LogP contribution in [0.15, 0.2) is 66.7 Å². The number of carbonyl (C=O) groups is 2. The van der Waals surface area contributed by atoms with E-state index in [1.807, 2.05) is 65.6 Å². The zero-order valence-corrected chi connectivity index (χ0v) is 18.4. The Morgan fingerprint density at radius 1 is 0.906 bits per heavy atom. The number of hydrogen-bond acceptors (Lipinski definition) is 5. The maximum absolute atomic E-state index is 14.1. The van der Waals surface area contributed by atoms with E-state index in [1.54, 1.807) is 4.90 Å². The Kier molecular flexibility index (Phi) is 4.71. The Morgan fingerprint density at radius 2 is 1.66 bits per heavy atom. The van der Waals surface area contributed by atoms with Crippen molar-refractivity contribution in [3.05, 3.63) is 72.3 Å². The Balaban J connectivity index is 1.46. The highest BCUT2D eigenvalue weighted by atomic mass is 32.2. The summed E-state index contributed by atoms with van der Waals surface area (Å²) in [5, 5.41) is 2.16. The monoisotopic (exact) mass is 445 g/mol. The lowest BCUT2D eigenvalue weighted by Crippen LogP contribution is -2.52. The Labute approximate surface area is 190 Å². The molecule has 2 amide bonds. The molecule has 0 unspecified atom stereocenters. The summed E-state index contributed by atoms with van der Waals surface area (Å²) in [5.74, 6) is 0.189. The Morgan fingerprint density at radius 3 is 2.50 bits per heavy atom. The minimum atomic E-state index is -1.07. The number of anilines is 2. The van der Waals surface area contributed by atoms with E-state index < -0.39 is 4.87 Å². The van der Waals surface area contributed by atoms with Crippen LogP contribution >= 0.6 is 11.8 Å². The predicted octanol–water partition coefficient (Wildman–Crippen LogP) is 3.41. The summed E-state index contributed by atoms with van der Waals surface area (Å²) < 4.78 is 5.48. The van der Waals surface area contributed by atoms with E-state index in [4.69, 9.17) is 4.74 Å². The van der Waals surface area contributed by atoms with Gasteiger partial charge in [-0.1, -0.05) is 48.5 Å². The number of para-hydroxylation sites is 1. The van der Waals surface area contributed by atoms with Gasteiger partial charge in [-0.2, -0.15) is 0 Å². The molecule has 32 heavy (non-hydrogen) atoms. The lowest BCUT2D eigenvalue weighted by atomic mass is 10.0. The van der Waals surface area contributed by atoms with Crippen molar-refractivity contribution in [2.45, 2.75) is 4.87 Å². The molecule has 3 aliphatic heterocycles. The van der Waals surface area contributed by atoms with Crippen molar-refractivity contribution in [2.24, 2.45) is 0 Å². The summed E-state index contributed by atoms with van der Waals surface area (Å²) >= 11 is 1.43. The lowest BCUT2D eigenvalue weighted by molar-refractivity contribution is -0.124. The highest BCUT2D eigenvalue weighted by Gasteiger charge is 2.61. The first-order valence-corrected chi connectivity index (χ1v) is 11.8. The highest BCUT2D eigenvalue weighted by Crippen LogP contribution is 2.55. The summed E-state index contributed by atoms with van der Waals surface area (Å²) in [6.07, 6.45) is 0. The van der Waals surface area contributed by atoms with Crippen LogP contribution in [0, 0.1) is 0 Å². The second-order valence-corrected chi connectivity index (χ2v) is 9.48. The van der Waals surface area contributed by atoms with Gasteiger partial charge in [-0.25, -0.2) is 0 Å². The fourth-order valence-corrected chi connectivity index (χ4v) is 6.31. The van der Waals surface area contributed by atoms with Gasteiger partial charge in [0.2, 0.25) is 10.8 Å². The third kappa shape index (κ3) is 2.88. The minimum Gasteiger partial charge on any atom is -0.379 e. The molecule has 0 aromatic heterocycles. The van der Waals surface area contributed by atoms with Gasteiger partial charge >= 0.3 is 0 Å². The number of rotatable bonds is 3. The van der Waals surface area contributed by atoms with Crippen LogP contribution in [0.1, 0.15) is 5.56 Å². The van der Waals surface area contributed by atoms with Gasteiger partial charge in [0.25, 0.3) is 5.91 Å². The zero-order valence-electron chi connectivity index (χ0n) is 17.6. The topological polar surface area (TPSA) is 53.1 Å². The van der Waals surface area contributed by atoms with Crippen LogP contribution in [0.25, 0.3) is 10.8 Å². The van der Waals surface area contributed by atoms with Gasteiger partial charge in [-0.15, -0.1) is 11.8 Å². The fourth-order valence-electron chi connectivity index (χ4n) is 4.95. The molecule has 0 saturated carbocycles. The molecule has 2 fully saturated rings. The summed E-state index contributed by atoms with van der Waals surface area (Å²) in [4.78, 5) is 32.1. The van der Waals surface area contributed by atoms with Crippen molar-refractivity contribution in [3.8, 4) is 0 Å². The quantitative estimate of drug-likeness (QED) is 0.619. The minimum absolute atomic E-state index is 0.0401. The summed E-state index contributed by atoms with van der Waals surface area (Å²) in [6.45, 7) is 3.43. The average molecular weight is 446 g/mol. The van der Waals surface area contributed by atoms with Gasteiger partial charge in [0.05, 0.1) is 31.3 Å². The molecule has 2 saturated heterocycles. The van der Waals surface area contributed by atoms with Gasteiger partial charge in [0.1, 0.15) is 0 Å². The molecule has 3 aliphatic rings. The molecule has 3 aromatic rings. The van der Waals surface area contributed by atoms with Crippen LogP contribution in [-0.2, 0) is 19.2 Å². The van der Waals surface area contributed by atoms with Gasteiger partial charge in [0, 0.05) is 24.3 Å². The molecule has 6 rings (SSSR count). The third-order valence-corrected chi connectivity index (χ3v) is 7.89. The first kappa shape index (κ1) is 19.8. The first-order chi connectivity index (χ1) is 15.7. The standard InChI is InChI=1S/C25H23N3O3S/c29-23-16-32-25(28(23)20-10-9-18-5-1-2-6-19(18)15-20)21-7-3-4-8-22(21)27(24(25)30)17-26-11-13-31-14-12-26/h1-10,15H,11-14,16-17H2/t25-/m1/s1. The normalized spacial score (nSPS) is 23.5. The molecule has 3 heterocycles. The van der Waals surface area contributed by atoms with E-state index in [2.05, 4.69) is 11.0 Å². The lowest BCUT2D eigenvalue weighted by Gasteiger charge is -2.35. The fraction of sp³-hybridized carbons (Fsp3) is 0.280. The Bertz CT molecular complexity index is 1230. The van der Waals surface area contributed by atoms with Crippen LogP contribution in [0.2, 0.25) is 0 Å². The number of morpholine rings is 1. The van der Waals surface area contributed by atoms with Gasteiger partial charge < -0.3 is 4.74 Å². The molecule has 0 aliphatic carbocycles. The number of fused-ring (bicyclic) bond motifs is 3. The van der Waals surface area contributed by atoms with Gasteiger partial charge in [0.15, 0.2) is 0 Å². The molecule has 1 spiro atoms. The second-order valence-electron chi connectivity index (χ2n) is 8.32. The second kappa shape index (κ2) is 7.62. The van der Waals surface area contributed by atoms with E-state index in [0.29, 0.717) is 19.9 Å². The maximum atomic E-state index is 14.1. The van der Waals surface area contributed by atoms with Crippen LogP contribution in [0.5, 0.6) is 0 Å². The summed E-state index contributed by atoms with van der Waals surface area (Å²) in [7, 11) is 0. The molecule has 0 bridgehead atoms. The largest absolute Gasteiger partial charge is 0.379 e. The number of amides is 2. The van der Waals surface area contributed by atoms with Crippen molar-refractivity contribution < 1.29 is 14.3 Å². The van der Waals surface area contributed by atoms with Crippen LogP contribution in [0.3, 0.4) is 0 Å². The molecule has 7 heteroatoms. The summed E-state index contributed by atoms with van der Waals surface area (Å²) in [5.41, 5.74) is 2.54. The molecule has 6 nitrogen and oxygen atoms in total. The van der Waals surface area contributed by atoms with Gasteiger partial charge in [-0.3, -0.25) is 24.3 Å². The number of carbonyl (C=O) groups excluding carboxylic acids is 2. The number of ether oxygens (including phenoxy) is 1. The number of benzene rings is 3. The van der Waals surface area contributed by atoms with Crippen molar-refractivity contribution >= 4 is 45.7 Å². The van der Waals surface area contributed by atoms with Crippen molar-refractivity contribution in [1.29, 1.82) is 0 Å². The van der Waals surface area contributed by atoms with E-state index in [1.165, 1.54) is 11.8 Å². The predicted molar refractivity (Wildman–Crippen MR) is 127 cm³/mol. The third-order valence-electron chi connectivity index (χ3n) is 6.50. The average Bonchev–Trinajstić information content (AvgIpc) is 3.30. The summed E-state index contributed by atoms with van der Waals surface area (Å²) in [6, 6.07) is 22.0. The number of nitrogens with zero attached hydrogens (tertiary/aromatic N) is 3. The van der Waals surface area contributed by atoms with Crippen molar-refractivity contribution in [2.75, 3.05) is 48.5 Å². The molecule has 3 aromatic carbocycles. The van der Waals surface area contributed by atoms with E-state index in [9.17, 15) is 9.59 Å². The van der Waals surface area contributed by atoms with Crippen molar-refractivity contribution in [1.82, 2.24) is 4.90 Å². The maximum Gasteiger partial charge on any atom is 0.269 e. The molecule has 162 valence electrons. The molecular formula is C25H23N3O3S. The highest BCUT2D eigenvalue weighted by molar-refractivity contribution is 8.02. The smallest absolute Gasteiger partial charge is 0.269 e. The number of thioether (sulfide) groups is 1. The van der Waals surface area contributed by atoms with Crippen LogP contribution in [0.4, 0.5) is 11.4 Å². The molecular weight excluding hydrogens is 422 g/mol. The SMILES string of the molecule is O=C1CS[C@]2(C(=O)N(CN3CCOCC3)c3ccccc32)N1c1ccc2ccccc2c1. The van der Waals surface area contributed by atoms with Crippen molar-refractivity contribution in [3.63, 3.8) is 0 Å². The molecule has 0 N–H and O–H groups in total.